The van der Waals surface area contributed by atoms with Gasteiger partial charge in [0.15, 0.2) is 6.61 Å². The van der Waals surface area contributed by atoms with E-state index in [0.29, 0.717) is 6.54 Å². The van der Waals surface area contributed by atoms with E-state index in [2.05, 4.69) is 5.32 Å². The number of piperidine rings is 1. The van der Waals surface area contributed by atoms with Gasteiger partial charge in [0.1, 0.15) is 5.75 Å². The summed E-state index contributed by atoms with van der Waals surface area (Å²) in [5.41, 5.74) is 0.168. The van der Waals surface area contributed by atoms with E-state index in [-0.39, 0.29) is 30.0 Å². The molecule has 5 nitrogen and oxygen atoms in total. The monoisotopic (exact) mass is 346 g/mol. The second-order valence-electron chi connectivity index (χ2n) is 5.89. The van der Waals surface area contributed by atoms with Gasteiger partial charge in [-0.1, -0.05) is 19.1 Å². The fourth-order valence-electron chi connectivity index (χ4n) is 2.82. The lowest BCUT2D eigenvalue weighted by Gasteiger charge is -2.38. The molecule has 24 heavy (non-hydrogen) atoms. The van der Waals surface area contributed by atoms with Crippen LogP contribution < -0.4 is 10.1 Å². The summed E-state index contributed by atoms with van der Waals surface area (Å²) in [6.45, 7) is 0.869. The number of aliphatic hydroxyl groups is 1. The Balaban J connectivity index is 2.08. The van der Waals surface area contributed by atoms with Gasteiger partial charge in [0.05, 0.1) is 18.3 Å². The number of para-hydroxylation sites is 2. The first-order chi connectivity index (χ1) is 11.3. The molecule has 1 saturated heterocycles. The number of halogens is 3. The lowest BCUT2D eigenvalue weighted by Crippen LogP contribution is -2.51. The zero-order chi connectivity index (χ0) is 17.7. The van der Waals surface area contributed by atoms with E-state index in [9.17, 15) is 23.1 Å². The average molecular weight is 346 g/mol. The normalized spacial score (nSPS) is 21.5. The predicted octanol–water partition coefficient (Wildman–Crippen LogP) is 3.25. The minimum absolute atomic E-state index is 0.0474. The molecule has 0 aliphatic carbocycles. The van der Waals surface area contributed by atoms with E-state index in [1.807, 2.05) is 6.92 Å². The molecule has 2 N–H and O–H groups in total. The van der Waals surface area contributed by atoms with Crippen molar-refractivity contribution in [2.24, 2.45) is 5.92 Å². The number of urea groups is 1. The second kappa shape index (κ2) is 7.74. The third kappa shape index (κ3) is 4.77. The molecule has 2 rings (SSSR count). The summed E-state index contributed by atoms with van der Waals surface area (Å²) in [4.78, 5) is 14.0. The zero-order valence-electron chi connectivity index (χ0n) is 13.3. The number of nitrogens with one attached hydrogen (secondary N) is 1. The summed E-state index contributed by atoms with van der Waals surface area (Å²) >= 11 is 0. The Morgan fingerprint density at radius 2 is 2.12 bits per heavy atom. The Kier molecular flexibility index (Phi) is 5.93. The van der Waals surface area contributed by atoms with Gasteiger partial charge in [-0.3, -0.25) is 0 Å². The Hall–Kier alpha value is -1.96. The Morgan fingerprint density at radius 1 is 1.42 bits per heavy atom. The molecule has 0 aromatic heterocycles. The molecule has 1 aromatic carbocycles. The molecule has 8 heteroatoms. The smallest absolute Gasteiger partial charge is 0.422 e. The number of hydrogen-bond acceptors (Lipinski definition) is 3. The summed E-state index contributed by atoms with van der Waals surface area (Å²) in [6.07, 6.45) is -2.72. The number of hydrogen-bond donors (Lipinski definition) is 2. The van der Waals surface area contributed by atoms with E-state index in [1.165, 1.54) is 23.1 Å². The molecule has 2 amide bonds. The van der Waals surface area contributed by atoms with Gasteiger partial charge in [-0.05, 0) is 30.9 Å². The number of rotatable bonds is 4. The minimum atomic E-state index is -4.46. The van der Waals surface area contributed by atoms with E-state index in [1.54, 1.807) is 6.07 Å². The lowest BCUT2D eigenvalue weighted by molar-refractivity contribution is -0.153. The number of benzene rings is 1. The van der Waals surface area contributed by atoms with Crippen LogP contribution >= 0.6 is 0 Å². The first-order valence-electron chi connectivity index (χ1n) is 7.79. The molecule has 0 bridgehead atoms. The summed E-state index contributed by atoms with van der Waals surface area (Å²) in [5, 5.41) is 12.1. The van der Waals surface area contributed by atoms with Crippen LogP contribution in [0.25, 0.3) is 0 Å². The van der Waals surface area contributed by atoms with Crippen molar-refractivity contribution in [1.82, 2.24) is 4.90 Å². The van der Waals surface area contributed by atoms with Crippen molar-refractivity contribution in [3.05, 3.63) is 24.3 Å². The Bertz CT molecular complexity index is 566. The highest BCUT2D eigenvalue weighted by atomic mass is 19.4. The lowest BCUT2D eigenvalue weighted by atomic mass is 9.91. The van der Waals surface area contributed by atoms with Crippen molar-refractivity contribution in [2.75, 3.05) is 25.1 Å². The quantitative estimate of drug-likeness (QED) is 0.880. The largest absolute Gasteiger partial charge is 0.482 e. The molecule has 1 fully saturated rings. The molecule has 1 aliphatic rings. The van der Waals surface area contributed by atoms with E-state index in [0.717, 1.165) is 12.8 Å². The van der Waals surface area contributed by atoms with Crippen LogP contribution in [0.5, 0.6) is 5.75 Å². The number of nitrogens with zero attached hydrogens (tertiary/aromatic N) is 1. The Labute approximate surface area is 138 Å². The van der Waals surface area contributed by atoms with E-state index in [4.69, 9.17) is 4.74 Å². The number of alkyl halides is 3. The molecule has 1 heterocycles. The third-order valence-corrected chi connectivity index (χ3v) is 4.08. The molecular weight excluding hydrogens is 325 g/mol. The first kappa shape index (κ1) is 18.4. The highest BCUT2D eigenvalue weighted by molar-refractivity contribution is 5.91. The maximum absolute atomic E-state index is 12.5. The molecule has 0 spiro atoms. The molecule has 2 atom stereocenters. The van der Waals surface area contributed by atoms with Crippen molar-refractivity contribution in [3.8, 4) is 5.75 Å². The van der Waals surface area contributed by atoms with E-state index >= 15 is 0 Å². The fourth-order valence-corrected chi connectivity index (χ4v) is 2.82. The number of carbonyl (C=O) groups excluding carboxylic acids is 1. The number of anilines is 1. The first-order valence-corrected chi connectivity index (χ1v) is 7.79. The number of likely N-dealkylation sites (tertiary alicyclic amines) is 1. The number of carbonyl (C=O) groups is 1. The number of ether oxygens (including phenoxy) is 1. The van der Waals surface area contributed by atoms with Gasteiger partial charge >= 0.3 is 12.2 Å². The van der Waals surface area contributed by atoms with Gasteiger partial charge in [0.2, 0.25) is 0 Å². The summed E-state index contributed by atoms with van der Waals surface area (Å²) in [7, 11) is 0. The van der Waals surface area contributed by atoms with Crippen LogP contribution in [-0.2, 0) is 0 Å². The van der Waals surface area contributed by atoms with Crippen molar-refractivity contribution >= 4 is 11.7 Å². The minimum Gasteiger partial charge on any atom is -0.482 e. The van der Waals surface area contributed by atoms with Crippen LogP contribution in [0.3, 0.4) is 0 Å². The molecule has 1 aliphatic heterocycles. The van der Waals surface area contributed by atoms with Gasteiger partial charge in [-0.25, -0.2) is 4.79 Å². The SMILES string of the molecule is C[C@H]1CCCN(C(=O)Nc2ccccc2OCC(F)(F)F)[C@@H]1CO. The van der Waals surface area contributed by atoms with Crippen molar-refractivity contribution in [1.29, 1.82) is 0 Å². The number of amides is 2. The molecule has 0 radical (unpaired) electrons. The number of aliphatic hydroxyl groups excluding tert-OH is 1. The maximum Gasteiger partial charge on any atom is 0.422 e. The topological polar surface area (TPSA) is 61.8 Å². The summed E-state index contributed by atoms with van der Waals surface area (Å²) < 4.78 is 41.7. The van der Waals surface area contributed by atoms with Gasteiger partial charge in [0.25, 0.3) is 0 Å². The fraction of sp³-hybridized carbons (Fsp3) is 0.562. The standard InChI is InChI=1S/C16H21F3N2O3/c1-11-5-4-8-21(13(11)9-22)15(23)20-12-6-2-3-7-14(12)24-10-16(17,18)19/h2-3,6-7,11,13,22H,4-5,8-10H2,1H3,(H,20,23)/t11-,13+/m0/s1. The van der Waals surface area contributed by atoms with Crippen LogP contribution in [0.4, 0.5) is 23.7 Å². The molecule has 134 valence electrons. The van der Waals surface area contributed by atoms with Crippen molar-refractivity contribution in [3.63, 3.8) is 0 Å². The van der Waals surface area contributed by atoms with Gasteiger partial charge in [-0.2, -0.15) is 13.2 Å². The van der Waals surface area contributed by atoms with E-state index < -0.39 is 18.8 Å². The van der Waals surface area contributed by atoms with Crippen LogP contribution in [0.15, 0.2) is 24.3 Å². The molecule has 0 unspecified atom stereocenters. The average Bonchev–Trinajstić information content (AvgIpc) is 2.53. The predicted molar refractivity (Wildman–Crippen MR) is 83.0 cm³/mol. The van der Waals surface area contributed by atoms with Gasteiger partial charge in [-0.15, -0.1) is 0 Å². The van der Waals surface area contributed by atoms with Gasteiger partial charge < -0.3 is 20.1 Å². The van der Waals surface area contributed by atoms with Crippen LogP contribution in [0, 0.1) is 5.92 Å². The molecule has 1 aromatic rings. The van der Waals surface area contributed by atoms with Gasteiger partial charge in [0, 0.05) is 6.54 Å². The summed E-state index contributed by atoms with van der Waals surface area (Å²) in [5.74, 6) is 0.111. The maximum atomic E-state index is 12.5. The zero-order valence-corrected chi connectivity index (χ0v) is 13.3. The highest BCUT2D eigenvalue weighted by Crippen LogP contribution is 2.28. The second-order valence-corrected chi connectivity index (χ2v) is 5.89. The molecular formula is C16H21F3N2O3. The van der Waals surface area contributed by atoms with Crippen molar-refractivity contribution < 1.29 is 27.8 Å². The molecule has 0 saturated carbocycles. The Morgan fingerprint density at radius 3 is 2.79 bits per heavy atom. The van der Waals surface area contributed by atoms with Crippen LogP contribution in [0.2, 0.25) is 0 Å². The third-order valence-electron chi connectivity index (χ3n) is 4.08. The van der Waals surface area contributed by atoms with Crippen LogP contribution in [-0.4, -0.2) is 48.0 Å². The highest BCUT2D eigenvalue weighted by Gasteiger charge is 2.32. The van der Waals surface area contributed by atoms with Crippen molar-refractivity contribution in [2.45, 2.75) is 32.0 Å². The summed E-state index contributed by atoms with van der Waals surface area (Å²) in [6, 6.07) is 5.21. The van der Waals surface area contributed by atoms with Crippen LogP contribution in [0.1, 0.15) is 19.8 Å².